The monoisotopic (exact) mass is 341 g/mol. The molecule has 0 unspecified atom stereocenters. The first kappa shape index (κ1) is 15.7. The van der Waals surface area contributed by atoms with Crippen molar-refractivity contribution < 1.29 is 4.92 Å². The number of fused-ring (bicyclic) bond motifs is 1. The molecule has 0 saturated carbocycles. The maximum Gasteiger partial charge on any atom is 0.333 e. The summed E-state index contributed by atoms with van der Waals surface area (Å²) in [5.74, 6) is 0.372. The highest BCUT2D eigenvalue weighted by Gasteiger charge is 2.23. The van der Waals surface area contributed by atoms with E-state index in [0.717, 1.165) is 11.8 Å². The Hall–Kier alpha value is -3.19. The summed E-state index contributed by atoms with van der Waals surface area (Å²) in [5, 5.41) is 28.2. The molecule has 3 rings (SSSR count). The lowest BCUT2D eigenvalue weighted by Gasteiger charge is -2.12. The summed E-state index contributed by atoms with van der Waals surface area (Å²) in [6.45, 7) is 0.414. The van der Waals surface area contributed by atoms with Gasteiger partial charge in [0, 0.05) is 18.9 Å². The molecular formula is C14H11N7O2S. The summed E-state index contributed by atoms with van der Waals surface area (Å²) < 4.78 is 1.29. The van der Waals surface area contributed by atoms with Crippen LogP contribution in [0.4, 0.5) is 11.5 Å². The molecule has 0 spiro atoms. The molecule has 3 aromatic heterocycles. The lowest BCUT2D eigenvalue weighted by atomic mass is 10.2. The van der Waals surface area contributed by atoms with Gasteiger partial charge in [-0.25, -0.2) is 4.98 Å². The number of aromatic nitrogens is 4. The van der Waals surface area contributed by atoms with Gasteiger partial charge in [-0.05, 0) is 24.0 Å². The van der Waals surface area contributed by atoms with E-state index in [2.05, 4.69) is 26.5 Å². The van der Waals surface area contributed by atoms with Crippen molar-refractivity contribution in [2.75, 3.05) is 11.6 Å². The van der Waals surface area contributed by atoms with Crippen LogP contribution in [-0.2, 0) is 6.54 Å². The van der Waals surface area contributed by atoms with E-state index >= 15 is 0 Å². The summed E-state index contributed by atoms with van der Waals surface area (Å²) in [6, 6.07) is 5.76. The molecule has 0 bridgehead atoms. The van der Waals surface area contributed by atoms with Crippen molar-refractivity contribution in [3.05, 3.63) is 52.0 Å². The number of nitrogens with zero attached hydrogens (tertiary/aromatic N) is 6. The third kappa shape index (κ3) is 2.72. The molecule has 0 aliphatic rings. The van der Waals surface area contributed by atoms with Crippen LogP contribution in [-0.4, -0.2) is 30.8 Å². The average Bonchev–Trinajstić information content (AvgIpc) is 3.03. The molecule has 0 fully saturated rings. The van der Waals surface area contributed by atoms with Gasteiger partial charge >= 0.3 is 5.69 Å². The average molecular weight is 341 g/mol. The second-order valence-corrected chi connectivity index (χ2v) is 5.48. The number of hydrogen-bond donors (Lipinski definition) is 1. The van der Waals surface area contributed by atoms with E-state index in [1.165, 1.54) is 16.3 Å². The smallest absolute Gasteiger partial charge is 0.333 e. The number of rotatable bonds is 5. The van der Waals surface area contributed by atoms with E-state index in [4.69, 9.17) is 0 Å². The van der Waals surface area contributed by atoms with Crippen molar-refractivity contribution in [2.45, 2.75) is 11.6 Å². The van der Waals surface area contributed by atoms with Gasteiger partial charge in [-0.3, -0.25) is 15.1 Å². The molecule has 3 aromatic rings. The highest BCUT2D eigenvalue weighted by atomic mass is 32.2. The first-order chi connectivity index (χ1) is 11.7. The topological polar surface area (TPSA) is 122 Å². The third-order valence-electron chi connectivity index (χ3n) is 3.31. The van der Waals surface area contributed by atoms with Gasteiger partial charge in [0.15, 0.2) is 5.82 Å². The normalized spacial score (nSPS) is 10.5. The number of hydrogen-bond acceptors (Lipinski definition) is 8. The van der Waals surface area contributed by atoms with Crippen LogP contribution in [0.5, 0.6) is 0 Å². The van der Waals surface area contributed by atoms with Crippen LogP contribution in [0.25, 0.3) is 5.65 Å². The SMILES string of the molecule is CSc1nc2c([N+](=O)[O-])cnn2c(NCc2ccncc2)c1C#N. The second-order valence-electron chi connectivity index (χ2n) is 4.69. The number of nitro groups is 1. The zero-order valence-corrected chi connectivity index (χ0v) is 13.3. The fourth-order valence-corrected chi connectivity index (χ4v) is 2.71. The second kappa shape index (κ2) is 6.51. The Bertz CT molecular complexity index is 949. The number of nitrogens with one attached hydrogen (secondary N) is 1. The predicted molar refractivity (Wildman–Crippen MR) is 87.7 cm³/mol. The Morgan fingerprint density at radius 2 is 2.21 bits per heavy atom. The molecular weight excluding hydrogens is 330 g/mol. The van der Waals surface area contributed by atoms with Crippen molar-refractivity contribution in [2.24, 2.45) is 0 Å². The maximum absolute atomic E-state index is 11.1. The van der Waals surface area contributed by atoms with Gasteiger partial charge in [-0.2, -0.15) is 14.9 Å². The zero-order valence-electron chi connectivity index (χ0n) is 12.5. The van der Waals surface area contributed by atoms with E-state index in [1.807, 2.05) is 12.1 Å². The van der Waals surface area contributed by atoms with Crippen LogP contribution < -0.4 is 5.32 Å². The zero-order chi connectivity index (χ0) is 17.1. The van der Waals surface area contributed by atoms with Crippen molar-refractivity contribution in [1.82, 2.24) is 19.6 Å². The molecule has 0 aliphatic carbocycles. The largest absolute Gasteiger partial charge is 0.365 e. The van der Waals surface area contributed by atoms with Crippen molar-refractivity contribution in [1.29, 1.82) is 5.26 Å². The Morgan fingerprint density at radius 1 is 1.46 bits per heavy atom. The van der Waals surface area contributed by atoms with E-state index in [0.29, 0.717) is 23.0 Å². The fourth-order valence-electron chi connectivity index (χ4n) is 2.19. The quantitative estimate of drug-likeness (QED) is 0.324. The molecule has 10 heteroatoms. The van der Waals surface area contributed by atoms with Crippen LogP contribution in [0.15, 0.2) is 35.7 Å². The van der Waals surface area contributed by atoms with Crippen LogP contribution in [0.1, 0.15) is 11.1 Å². The van der Waals surface area contributed by atoms with Crippen LogP contribution in [0, 0.1) is 21.4 Å². The summed E-state index contributed by atoms with van der Waals surface area (Å²) in [4.78, 5) is 18.7. The van der Waals surface area contributed by atoms with Gasteiger partial charge < -0.3 is 5.32 Å². The summed E-state index contributed by atoms with van der Waals surface area (Å²) in [5.41, 5.74) is 1.13. The van der Waals surface area contributed by atoms with Gasteiger partial charge in [0.2, 0.25) is 5.65 Å². The number of pyridine rings is 1. The molecule has 1 N–H and O–H groups in total. The third-order valence-corrected chi connectivity index (χ3v) is 3.99. The summed E-state index contributed by atoms with van der Waals surface area (Å²) in [7, 11) is 0. The standard InChI is InChI=1S/C14H11N7O2S/c1-24-14-10(6-15)12(17-7-9-2-4-16-5-3-9)20-13(19-14)11(8-18-20)21(22)23/h2-5,8,17H,7H2,1H3. The van der Waals surface area contributed by atoms with Crippen LogP contribution in [0.3, 0.4) is 0 Å². The molecule has 0 aliphatic heterocycles. The lowest BCUT2D eigenvalue weighted by Crippen LogP contribution is -2.10. The fraction of sp³-hybridized carbons (Fsp3) is 0.143. The Morgan fingerprint density at radius 3 is 2.83 bits per heavy atom. The van der Waals surface area contributed by atoms with E-state index in [-0.39, 0.29) is 11.3 Å². The van der Waals surface area contributed by atoms with Gasteiger partial charge in [0.1, 0.15) is 22.9 Å². The molecule has 0 atom stereocenters. The molecule has 9 nitrogen and oxygen atoms in total. The lowest BCUT2D eigenvalue weighted by molar-refractivity contribution is -0.383. The van der Waals surface area contributed by atoms with Gasteiger partial charge in [-0.15, -0.1) is 11.8 Å². The minimum Gasteiger partial charge on any atom is -0.365 e. The van der Waals surface area contributed by atoms with E-state index in [1.54, 1.807) is 18.6 Å². The molecule has 0 radical (unpaired) electrons. The van der Waals surface area contributed by atoms with Crippen molar-refractivity contribution in [3.8, 4) is 6.07 Å². The Balaban J connectivity index is 2.13. The van der Waals surface area contributed by atoms with E-state index in [9.17, 15) is 15.4 Å². The number of thioether (sulfide) groups is 1. The van der Waals surface area contributed by atoms with Crippen molar-refractivity contribution in [3.63, 3.8) is 0 Å². The molecule has 120 valence electrons. The molecule has 0 amide bonds. The minimum absolute atomic E-state index is 0.0978. The summed E-state index contributed by atoms with van der Waals surface area (Å²) in [6.07, 6.45) is 6.21. The molecule has 3 heterocycles. The van der Waals surface area contributed by atoms with Crippen molar-refractivity contribution >= 4 is 28.9 Å². The van der Waals surface area contributed by atoms with Crippen LogP contribution in [0.2, 0.25) is 0 Å². The number of anilines is 1. The summed E-state index contributed by atoms with van der Waals surface area (Å²) >= 11 is 1.25. The molecule has 0 aromatic carbocycles. The Labute approximate surface area is 140 Å². The number of nitriles is 1. The van der Waals surface area contributed by atoms with E-state index < -0.39 is 4.92 Å². The van der Waals surface area contributed by atoms with Gasteiger partial charge in [-0.1, -0.05) is 0 Å². The predicted octanol–water partition coefficient (Wildman–Crippen LogP) is 2.24. The molecule has 24 heavy (non-hydrogen) atoms. The highest BCUT2D eigenvalue weighted by molar-refractivity contribution is 7.98. The van der Waals surface area contributed by atoms with Gasteiger partial charge in [0.05, 0.1) is 4.92 Å². The minimum atomic E-state index is -0.544. The van der Waals surface area contributed by atoms with Gasteiger partial charge in [0.25, 0.3) is 0 Å². The Kier molecular flexibility index (Phi) is 4.26. The molecule has 0 saturated heterocycles. The van der Waals surface area contributed by atoms with Crippen LogP contribution >= 0.6 is 11.8 Å². The first-order valence-electron chi connectivity index (χ1n) is 6.78. The highest BCUT2D eigenvalue weighted by Crippen LogP contribution is 2.29. The first-order valence-corrected chi connectivity index (χ1v) is 8.01. The maximum atomic E-state index is 11.1.